The number of rotatable bonds is 2. The maximum Gasteiger partial charge on any atom is 0.161 e. The van der Waals surface area contributed by atoms with Crippen molar-refractivity contribution in [1.29, 1.82) is 0 Å². The van der Waals surface area contributed by atoms with E-state index in [1.165, 1.54) is 6.07 Å². The topological polar surface area (TPSA) is 43.8 Å². The minimum Gasteiger partial charge on any atom is -0.384 e. The summed E-state index contributed by atoms with van der Waals surface area (Å²) in [6, 6.07) is 11.8. The van der Waals surface area contributed by atoms with Gasteiger partial charge >= 0.3 is 0 Å². The van der Waals surface area contributed by atoms with E-state index in [2.05, 4.69) is 5.10 Å². The van der Waals surface area contributed by atoms with Crippen LogP contribution in [0.2, 0.25) is 0 Å². The highest BCUT2D eigenvalue weighted by Gasteiger charge is 2.15. The molecule has 0 saturated carbocycles. The number of aromatic nitrogens is 2. The van der Waals surface area contributed by atoms with Crippen LogP contribution in [-0.2, 0) is 0 Å². The van der Waals surface area contributed by atoms with Gasteiger partial charge in [-0.3, -0.25) is 0 Å². The number of hydrogen-bond donors (Lipinski definition) is 1. The largest absolute Gasteiger partial charge is 0.384 e. The Morgan fingerprint density at radius 1 is 0.857 bits per heavy atom. The van der Waals surface area contributed by atoms with Crippen molar-refractivity contribution in [3.05, 3.63) is 66.0 Å². The van der Waals surface area contributed by atoms with Gasteiger partial charge in [0.25, 0.3) is 0 Å². The molecule has 0 unspecified atom stereocenters. The first-order valence-electron chi connectivity index (χ1n) is 6.12. The van der Waals surface area contributed by atoms with Gasteiger partial charge in [-0.1, -0.05) is 30.3 Å². The zero-order chi connectivity index (χ0) is 15.0. The number of anilines is 1. The minimum atomic E-state index is -1.26. The van der Waals surface area contributed by atoms with E-state index >= 15 is 0 Å². The monoisotopic (exact) mass is 289 g/mol. The lowest BCUT2D eigenvalue weighted by molar-refractivity contribution is 0.491. The quantitative estimate of drug-likeness (QED) is 0.733. The third-order valence-corrected chi connectivity index (χ3v) is 3.02. The highest BCUT2D eigenvalue weighted by molar-refractivity contribution is 5.63. The molecule has 1 heterocycles. The smallest absolute Gasteiger partial charge is 0.161 e. The highest BCUT2D eigenvalue weighted by Crippen LogP contribution is 2.25. The molecule has 2 aromatic carbocycles. The maximum atomic E-state index is 13.8. The normalized spacial score (nSPS) is 10.8. The van der Waals surface area contributed by atoms with E-state index in [1.807, 2.05) is 30.3 Å². The van der Waals surface area contributed by atoms with Gasteiger partial charge in [-0.15, -0.1) is 0 Å². The van der Waals surface area contributed by atoms with Crippen molar-refractivity contribution in [2.75, 3.05) is 5.73 Å². The molecule has 0 amide bonds. The Balaban J connectivity index is 2.13. The first-order valence-corrected chi connectivity index (χ1v) is 6.12. The zero-order valence-corrected chi connectivity index (χ0v) is 10.7. The van der Waals surface area contributed by atoms with Crippen molar-refractivity contribution in [1.82, 2.24) is 9.78 Å². The van der Waals surface area contributed by atoms with Crippen LogP contribution in [0, 0.1) is 17.5 Å². The molecular weight excluding hydrogens is 279 g/mol. The first kappa shape index (κ1) is 13.2. The van der Waals surface area contributed by atoms with Crippen molar-refractivity contribution < 1.29 is 13.2 Å². The molecule has 21 heavy (non-hydrogen) atoms. The molecule has 3 nitrogen and oxygen atoms in total. The number of halogens is 3. The summed E-state index contributed by atoms with van der Waals surface area (Å²) < 4.78 is 41.1. The fourth-order valence-corrected chi connectivity index (χ4v) is 2.01. The minimum absolute atomic E-state index is 0.124. The summed E-state index contributed by atoms with van der Waals surface area (Å²) in [7, 11) is 0. The molecule has 0 bridgehead atoms. The van der Waals surface area contributed by atoms with Crippen molar-refractivity contribution in [3.8, 4) is 16.9 Å². The van der Waals surface area contributed by atoms with Crippen LogP contribution in [-0.4, -0.2) is 9.78 Å². The number of nitrogens with zero attached hydrogens (tertiary/aromatic N) is 2. The van der Waals surface area contributed by atoms with Gasteiger partial charge in [0.2, 0.25) is 0 Å². The summed E-state index contributed by atoms with van der Waals surface area (Å²) in [6.07, 6.45) is 0. The van der Waals surface area contributed by atoms with E-state index in [0.717, 1.165) is 16.3 Å². The van der Waals surface area contributed by atoms with Crippen LogP contribution in [0.3, 0.4) is 0 Å². The molecule has 0 aliphatic rings. The molecule has 0 saturated heterocycles. The third kappa shape index (κ3) is 2.35. The highest BCUT2D eigenvalue weighted by atomic mass is 19.2. The molecule has 106 valence electrons. The number of nitrogens with two attached hydrogens (primary N) is 1. The lowest BCUT2D eigenvalue weighted by Gasteiger charge is -2.06. The average Bonchev–Trinajstić information content (AvgIpc) is 2.86. The molecular formula is C15H10F3N3. The molecule has 3 rings (SSSR count). The summed E-state index contributed by atoms with van der Waals surface area (Å²) in [5.41, 5.74) is 6.84. The van der Waals surface area contributed by atoms with Crippen LogP contribution >= 0.6 is 0 Å². The van der Waals surface area contributed by atoms with Crippen LogP contribution < -0.4 is 5.73 Å². The van der Waals surface area contributed by atoms with E-state index in [0.29, 0.717) is 11.8 Å². The number of benzene rings is 2. The van der Waals surface area contributed by atoms with Crippen LogP contribution in [0.5, 0.6) is 0 Å². The second-order valence-corrected chi connectivity index (χ2v) is 4.45. The van der Waals surface area contributed by atoms with E-state index < -0.39 is 17.5 Å². The predicted molar refractivity (Wildman–Crippen MR) is 73.3 cm³/mol. The van der Waals surface area contributed by atoms with E-state index in [-0.39, 0.29) is 11.5 Å². The second-order valence-electron chi connectivity index (χ2n) is 4.45. The molecule has 0 spiro atoms. The first-order chi connectivity index (χ1) is 10.1. The summed E-state index contributed by atoms with van der Waals surface area (Å²) in [5.74, 6) is -3.24. The molecule has 6 heteroatoms. The van der Waals surface area contributed by atoms with Crippen molar-refractivity contribution >= 4 is 5.82 Å². The SMILES string of the molecule is Nc1cc(-c2ccccc2)nn1-c1cc(F)c(F)cc1F. The molecule has 0 atom stereocenters. The molecule has 0 radical (unpaired) electrons. The van der Waals surface area contributed by atoms with E-state index in [4.69, 9.17) is 5.73 Å². The Morgan fingerprint density at radius 2 is 1.52 bits per heavy atom. The van der Waals surface area contributed by atoms with E-state index in [9.17, 15) is 13.2 Å². The van der Waals surface area contributed by atoms with Gasteiger partial charge in [-0.05, 0) is 0 Å². The second kappa shape index (κ2) is 4.97. The van der Waals surface area contributed by atoms with Gasteiger partial charge in [0.1, 0.15) is 11.5 Å². The summed E-state index contributed by atoms with van der Waals surface area (Å²) >= 11 is 0. The van der Waals surface area contributed by atoms with Crippen molar-refractivity contribution in [2.24, 2.45) is 0 Å². The Kier molecular flexibility index (Phi) is 3.13. The summed E-state index contributed by atoms with van der Waals surface area (Å²) in [6.45, 7) is 0. The predicted octanol–water partition coefficient (Wildman–Crippen LogP) is 3.54. The van der Waals surface area contributed by atoms with Crippen LogP contribution in [0.25, 0.3) is 16.9 Å². The Bertz CT molecular complexity index is 797. The fourth-order valence-electron chi connectivity index (χ4n) is 2.01. The Morgan fingerprint density at radius 3 is 2.24 bits per heavy atom. The Labute approximate surface area is 118 Å². The lowest BCUT2D eigenvalue weighted by atomic mass is 10.2. The Hall–Kier alpha value is -2.76. The summed E-state index contributed by atoms with van der Waals surface area (Å²) in [4.78, 5) is 0. The molecule has 0 aliphatic carbocycles. The van der Waals surface area contributed by atoms with Gasteiger partial charge in [0.05, 0.1) is 5.69 Å². The maximum absolute atomic E-state index is 13.8. The van der Waals surface area contributed by atoms with E-state index in [1.54, 1.807) is 0 Å². The number of hydrogen-bond acceptors (Lipinski definition) is 2. The van der Waals surface area contributed by atoms with Gasteiger partial charge in [-0.25, -0.2) is 17.9 Å². The van der Waals surface area contributed by atoms with Crippen molar-refractivity contribution in [3.63, 3.8) is 0 Å². The molecule has 2 N–H and O–H groups in total. The summed E-state index contributed by atoms with van der Waals surface area (Å²) in [5, 5.41) is 4.14. The third-order valence-electron chi connectivity index (χ3n) is 3.02. The standard InChI is InChI=1S/C15H10F3N3/c16-10-6-12(18)14(7-11(10)17)21-15(19)8-13(20-21)9-4-2-1-3-5-9/h1-8H,19H2. The molecule has 0 fully saturated rings. The van der Waals surface area contributed by atoms with Gasteiger partial charge < -0.3 is 5.73 Å². The zero-order valence-electron chi connectivity index (χ0n) is 10.7. The molecule has 1 aromatic heterocycles. The van der Waals surface area contributed by atoms with Crippen LogP contribution in [0.15, 0.2) is 48.5 Å². The van der Waals surface area contributed by atoms with Gasteiger partial charge in [-0.2, -0.15) is 5.10 Å². The van der Waals surface area contributed by atoms with Crippen molar-refractivity contribution in [2.45, 2.75) is 0 Å². The molecule has 3 aromatic rings. The average molecular weight is 289 g/mol. The van der Waals surface area contributed by atoms with Gasteiger partial charge in [0, 0.05) is 23.8 Å². The lowest BCUT2D eigenvalue weighted by Crippen LogP contribution is -2.05. The fraction of sp³-hybridized carbons (Fsp3) is 0. The van der Waals surface area contributed by atoms with Crippen LogP contribution in [0.4, 0.5) is 19.0 Å². The molecule has 0 aliphatic heterocycles. The van der Waals surface area contributed by atoms with Gasteiger partial charge in [0.15, 0.2) is 17.5 Å². The number of nitrogen functional groups attached to an aromatic ring is 1. The van der Waals surface area contributed by atoms with Crippen LogP contribution in [0.1, 0.15) is 0 Å².